The number of benzene rings is 1. The van der Waals surface area contributed by atoms with Crippen LogP contribution in [-0.2, 0) is 17.4 Å². The van der Waals surface area contributed by atoms with E-state index in [2.05, 4.69) is 20.4 Å². The minimum absolute atomic E-state index is 0.0966. The summed E-state index contributed by atoms with van der Waals surface area (Å²) >= 11 is 1.86. The number of fused-ring (bicyclic) bond motifs is 1. The first-order valence-corrected chi connectivity index (χ1v) is 8.58. The van der Waals surface area contributed by atoms with E-state index < -0.39 is 17.6 Å². The Balaban J connectivity index is 1.80. The van der Waals surface area contributed by atoms with Gasteiger partial charge >= 0.3 is 6.18 Å². The summed E-state index contributed by atoms with van der Waals surface area (Å²) in [5, 5.41) is 6.70. The second-order valence-corrected chi connectivity index (χ2v) is 6.86. The standard InChI is InChI=1S/C16H13F3IN5O/c1-8-5-9(2)25-15(21-8)23-13(24-25)7-14(26)22-12-6-10(16(17,18)19)3-4-11(12)20/h3-6H,7H2,1-2H3,(H,22,26). The summed E-state index contributed by atoms with van der Waals surface area (Å²) in [6, 6.07) is 5.01. The lowest BCUT2D eigenvalue weighted by Gasteiger charge is -2.11. The Morgan fingerprint density at radius 2 is 1.96 bits per heavy atom. The Hall–Kier alpha value is -2.24. The van der Waals surface area contributed by atoms with Crippen LogP contribution in [0.5, 0.6) is 0 Å². The van der Waals surface area contributed by atoms with Crippen molar-refractivity contribution in [3.8, 4) is 0 Å². The molecule has 6 nitrogen and oxygen atoms in total. The van der Waals surface area contributed by atoms with Crippen molar-refractivity contribution >= 4 is 40.0 Å². The van der Waals surface area contributed by atoms with Crippen LogP contribution in [0.4, 0.5) is 18.9 Å². The average molecular weight is 475 g/mol. The number of nitrogens with zero attached hydrogens (tertiary/aromatic N) is 4. The van der Waals surface area contributed by atoms with Crippen molar-refractivity contribution in [1.82, 2.24) is 19.6 Å². The smallest absolute Gasteiger partial charge is 0.325 e. The molecule has 2 heterocycles. The van der Waals surface area contributed by atoms with Crippen LogP contribution in [0.3, 0.4) is 0 Å². The van der Waals surface area contributed by atoms with Crippen molar-refractivity contribution in [3.05, 3.63) is 50.6 Å². The zero-order valence-electron chi connectivity index (χ0n) is 13.7. The Bertz CT molecular complexity index is 999. The minimum Gasteiger partial charge on any atom is -0.325 e. The van der Waals surface area contributed by atoms with E-state index >= 15 is 0 Å². The van der Waals surface area contributed by atoms with Gasteiger partial charge in [-0.3, -0.25) is 4.79 Å². The van der Waals surface area contributed by atoms with Gasteiger partial charge in [-0.25, -0.2) is 9.50 Å². The third kappa shape index (κ3) is 3.94. The molecule has 3 aromatic rings. The number of hydrogen-bond acceptors (Lipinski definition) is 4. The molecule has 0 saturated carbocycles. The number of aromatic nitrogens is 4. The summed E-state index contributed by atoms with van der Waals surface area (Å²) in [6.07, 6.45) is -4.65. The summed E-state index contributed by atoms with van der Waals surface area (Å²) in [7, 11) is 0. The fraction of sp³-hybridized carbons (Fsp3) is 0.250. The molecule has 0 unspecified atom stereocenters. The summed E-state index contributed by atoms with van der Waals surface area (Å²) in [4.78, 5) is 20.6. The molecule has 3 rings (SSSR count). The summed E-state index contributed by atoms with van der Waals surface area (Å²) in [5.74, 6) is 0.108. The number of carbonyl (C=O) groups excluding carboxylic acids is 1. The van der Waals surface area contributed by atoms with Crippen LogP contribution in [0.2, 0.25) is 0 Å². The molecule has 0 saturated heterocycles. The molecule has 1 N–H and O–H groups in total. The van der Waals surface area contributed by atoms with E-state index in [9.17, 15) is 18.0 Å². The van der Waals surface area contributed by atoms with Gasteiger partial charge in [0.15, 0.2) is 5.82 Å². The van der Waals surface area contributed by atoms with E-state index in [0.717, 1.165) is 23.5 Å². The molecule has 0 atom stereocenters. The first-order valence-electron chi connectivity index (χ1n) is 7.50. The number of nitrogens with one attached hydrogen (secondary N) is 1. The van der Waals surface area contributed by atoms with Gasteiger partial charge in [-0.2, -0.15) is 18.2 Å². The fourth-order valence-corrected chi connectivity index (χ4v) is 2.89. The molecule has 0 bridgehead atoms. The Morgan fingerprint density at radius 3 is 2.65 bits per heavy atom. The molecule has 0 spiro atoms. The van der Waals surface area contributed by atoms with Crippen molar-refractivity contribution in [2.45, 2.75) is 26.4 Å². The van der Waals surface area contributed by atoms with Gasteiger partial charge in [-0.05, 0) is 60.7 Å². The van der Waals surface area contributed by atoms with Crippen molar-refractivity contribution in [2.75, 3.05) is 5.32 Å². The van der Waals surface area contributed by atoms with Gasteiger partial charge in [-0.15, -0.1) is 5.10 Å². The highest BCUT2D eigenvalue weighted by molar-refractivity contribution is 14.1. The monoisotopic (exact) mass is 475 g/mol. The third-order valence-electron chi connectivity index (χ3n) is 3.55. The van der Waals surface area contributed by atoms with Crippen LogP contribution in [0.25, 0.3) is 5.78 Å². The first-order chi connectivity index (χ1) is 12.1. The van der Waals surface area contributed by atoms with Gasteiger partial charge in [0.1, 0.15) is 0 Å². The maximum atomic E-state index is 12.8. The number of carbonyl (C=O) groups is 1. The maximum absolute atomic E-state index is 12.8. The van der Waals surface area contributed by atoms with Crippen LogP contribution in [0.1, 0.15) is 22.8 Å². The van der Waals surface area contributed by atoms with E-state index in [1.165, 1.54) is 10.6 Å². The average Bonchev–Trinajstić information content (AvgIpc) is 2.90. The van der Waals surface area contributed by atoms with Gasteiger partial charge in [0.05, 0.1) is 17.7 Å². The van der Waals surface area contributed by atoms with Gasteiger partial charge in [0, 0.05) is 15.0 Å². The topological polar surface area (TPSA) is 72.2 Å². The Kier molecular flexibility index (Phi) is 4.86. The highest BCUT2D eigenvalue weighted by atomic mass is 127. The van der Waals surface area contributed by atoms with Crippen molar-refractivity contribution < 1.29 is 18.0 Å². The van der Waals surface area contributed by atoms with Crippen molar-refractivity contribution in [3.63, 3.8) is 0 Å². The SMILES string of the molecule is Cc1cc(C)n2nc(CC(=O)Nc3cc(C(F)(F)F)ccc3I)nc2n1. The molecule has 1 aromatic carbocycles. The zero-order valence-corrected chi connectivity index (χ0v) is 15.9. The number of alkyl halides is 3. The predicted molar refractivity (Wildman–Crippen MR) is 96.8 cm³/mol. The molecular weight excluding hydrogens is 462 g/mol. The normalized spacial score (nSPS) is 11.8. The molecule has 0 aliphatic carbocycles. The molecule has 1 amide bonds. The largest absolute Gasteiger partial charge is 0.416 e. The Labute approximate surface area is 160 Å². The van der Waals surface area contributed by atoms with Crippen LogP contribution in [0, 0.1) is 17.4 Å². The van der Waals surface area contributed by atoms with Crippen LogP contribution in [0.15, 0.2) is 24.3 Å². The number of aryl methyl sites for hydroxylation is 2. The molecule has 10 heteroatoms. The fourth-order valence-electron chi connectivity index (χ4n) is 2.42. The number of hydrogen-bond donors (Lipinski definition) is 1. The molecule has 0 aliphatic rings. The van der Waals surface area contributed by atoms with E-state index in [1.807, 2.05) is 42.5 Å². The van der Waals surface area contributed by atoms with E-state index in [4.69, 9.17) is 0 Å². The second kappa shape index (κ2) is 6.82. The third-order valence-corrected chi connectivity index (χ3v) is 4.49. The minimum atomic E-state index is -4.48. The molecular formula is C16H13F3IN5O. The summed E-state index contributed by atoms with van der Waals surface area (Å²) in [5.41, 5.74) is 0.865. The van der Waals surface area contributed by atoms with Gasteiger partial charge < -0.3 is 5.32 Å². The summed E-state index contributed by atoms with van der Waals surface area (Å²) in [6.45, 7) is 3.66. The molecule has 136 valence electrons. The van der Waals surface area contributed by atoms with E-state index in [-0.39, 0.29) is 17.9 Å². The highest BCUT2D eigenvalue weighted by Crippen LogP contribution is 2.32. The molecule has 0 radical (unpaired) electrons. The predicted octanol–water partition coefficient (Wildman–Crippen LogP) is 3.55. The number of halogens is 4. The number of amides is 1. The van der Waals surface area contributed by atoms with Crippen molar-refractivity contribution in [2.24, 2.45) is 0 Å². The lowest BCUT2D eigenvalue weighted by Crippen LogP contribution is -2.17. The van der Waals surface area contributed by atoms with Crippen LogP contribution in [-0.4, -0.2) is 25.5 Å². The van der Waals surface area contributed by atoms with Crippen LogP contribution >= 0.6 is 22.6 Å². The Morgan fingerprint density at radius 1 is 1.23 bits per heavy atom. The van der Waals surface area contributed by atoms with Gasteiger partial charge in [0.2, 0.25) is 5.91 Å². The van der Waals surface area contributed by atoms with Gasteiger partial charge in [0.25, 0.3) is 5.78 Å². The quantitative estimate of drug-likeness (QED) is 0.589. The summed E-state index contributed by atoms with van der Waals surface area (Å²) < 4.78 is 40.5. The van der Waals surface area contributed by atoms with E-state index in [1.54, 1.807) is 0 Å². The first kappa shape index (κ1) is 18.5. The maximum Gasteiger partial charge on any atom is 0.416 e. The van der Waals surface area contributed by atoms with E-state index in [0.29, 0.717) is 9.35 Å². The molecule has 0 fully saturated rings. The van der Waals surface area contributed by atoms with Crippen molar-refractivity contribution in [1.29, 1.82) is 0 Å². The van der Waals surface area contributed by atoms with Gasteiger partial charge in [-0.1, -0.05) is 0 Å². The molecule has 26 heavy (non-hydrogen) atoms. The lowest BCUT2D eigenvalue weighted by molar-refractivity contribution is -0.137. The molecule has 0 aliphatic heterocycles. The zero-order chi connectivity index (χ0) is 19.1. The molecule has 2 aromatic heterocycles. The highest BCUT2D eigenvalue weighted by Gasteiger charge is 2.31. The number of rotatable bonds is 3. The van der Waals surface area contributed by atoms with Crippen LogP contribution < -0.4 is 5.32 Å². The number of anilines is 1. The lowest BCUT2D eigenvalue weighted by atomic mass is 10.2. The second-order valence-electron chi connectivity index (χ2n) is 5.70.